The Bertz CT molecular complexity index is 947. The first-order valence-electron chi connectivity index (χ1n) is 9.13. The van der Waals surface area contributed by atoms with Crippen molar-refractivity contribution in [2.24, 2.45) is 0 Å². The molecule has 0 bridgehead atoms. The van der Waals surface area contributed by atoms with Crippen LogP contribution in [0.3, 0.4) is 0 Å². The highest BCUT2D eigenvalue weighted by Crippen LogP contribution is 2.47. The monoisotopic (exact) mass is 391 g/mol. The summed E-state index contributed by atoms with van der Waals surface area (Å²) in [6.45, 7) is 1.08. The van der Waals surface area contributed by atoms with Gasteiger partial charge in [-0.2, -0.15) is 0 Å². The summed E-state index contributed by atoms with van der Waals surface area (Å²) >= 11 is 1.77. The molecule has 0 saturated heterocycles. The number of nitrogens with one attached hydrogen (secondary N) is 1. The van der Waals surface area contributed by atoms with Crippen LogP contribution in [0.2, 0.25) is 0 Å². The molecule has 0 fully saturated rings. The second kappa shape index (κ2) is 8.35. The Morgan fingerprint density at radius 3 is 2.43 bits per heavy atom. The Morgan fingerprint density at radius 1 is 1.07 bits per heavy atom. The minimum atomic E-state index is 0.0176. The number of hydrogen-bond acceptors (Lipinski definition) is 5. The lowest BCUT2D eigenvalue weighted by atomic mass is 10.2. The Morgan fingerprint density at radius 2 is 1.75 bits per heavy atom. The molecule has 3 aromatic rings. The van der Waals surface area contributed by atoms with Crippen molar-refractivity contribution in [3.8, 4) is 5.88 Å². The lowest BCUT2D eigenvalue weighted by Crippen LogP contribution is -2.29. The van der Waals surface area contributed by atoms with E-state index in [0.717, 1.165) is 16.9 Å². The molecule has 4 rings (SSSR count). The first kappa shape index (κ1) is 18.4. The molecule has 28 heavy (non-hydrogen) atoms. The molecule has 1 aromatic heterocycles. The molecule has 0 atom stereocenters. The van der Waals surface area contributed by atoms with Gasteiger partial charge < -0.3 is 15.0 Å². The van der Waals surface area contributed by atoms with E-state index in [9.17, 15) is 4.79 Å². The van der Waals surface area contributed by atoms with E-state index in [0.29, 0.717) is 25.4 Å². The molecule has 2 heterocycles. The van der Waals surface area contributed by atoms with Crippen LogP contribution in [0, 0.1) is 0 Å². The van der Waals surface area contributed by atoms with Crippen LogP contribution in [0.4, 0.5) is 11.4 Å². The van der Waals surface area contributed by atoms with Crippen LogP contribution in [-0.4, -0.2) is 24.5 Å². The summed E-state index contributed by atoms with van der Waals surface area (Å²) in [6, 6.07) is 20.3. The van der Waals surface area contributed by atoms with Gasteiger partial charge in [0.25, 0.3) is 0 Å². The number of carbonyl (C=O) groups excluding carboxylic acids is 1. The number of para-hydroxylation sites is 2. The second-order valence-corrected chi connectivity index (χ2v) is 7.51. The number of ether oxygens (including phenoxy) is 1. The van der Waals surface area contributed by atoms with Crippen molar-refractivity contribution < 1.29 is 9.53 Å². The number of nitrogens with zero attached hydrogens (tertiary/aromatic N) is 2. The zero-order valence-electron chi connectivity index (χ0n) is 15.6. The number of aromatic nitrogens is 1. The van der Waals surface area contributed by atoms with Crippen molar-refractivity contribution in [2.75, 3.05) is 18.6 Å². The molecular weight excluding hydrogens is 370 g/mol. The van der Waals surface area contributed by atoms with E-state index in [1.54, 1.807) is 25.1 Å². The first-order valence-corrected chi connectivity index (χ1v) is 9.95. The predicted molar refractivity (Wildman–Crippen MR) is 111 cm³/mol. The molecule has 0 spiro atoms. The topological polar surface area (TPSA) is 54.5 Å². The third-order valence-corrected chi connectivity index (χ3v) is 5.72. The van der Waals surface area contributed by atoms with Crippen LogP contribution in [0.5, 0.6) is 5.88 Å². The average Bonchev–Trinajstić information content (AvgIpc) is 2.75. The lowest BCUT2D eigenvalue weighted by molar-refractivity contribution is -0.121. The van der Waals surface area contributed by atoms with Crippen LogP contribution in [-0.2, 0) is 11.3 Å². The highest BCUT2D eigenvalue weighted by atomic mass is 32.2. The standard InChI is InChI=1S/C22H21N3O2S/c1-27-22-14-16(10-12-23-22)15-24-21(26)11-13-25-17-6-2-4-8-19(17)28-20-9-5-3-7-18(20)25/h2-10,12,14H,11,13,15H2,1H3,(H,24,26). The number of hydrogen-bond donors (Lipinski definition) is 1. The van der Waals surface area contributed by atoms with E-state index in [2.05, 4.69) is 39.5 Å². The molecule has 6 heteroatoms. The minimum Gasteiger partial charge on any atom is -0.481 e. The number of rotatable bonds is 6. The van der Waals surface area contributed by atoms with Crippen LogP contribution in [0.1, 0.15) is 12.0 Å². The third kappa shape index (κ3) is 3.97. The van der Waals surface area contributed by atoms with Gasteiger partial charge in [0, 0.05) is 41.6 Å². The van der Waals surface area contributed by atoms with Crippen LogP contribution >= 0.6 is 11.8 Å². The molecule has 5 nitrogen and oxygen atoms in total. The normalized spacial score (nSPS) is 12.1. The first-order chi connectivity index (χ1) is 13.7. The van der Waals surface area contributed by atoms with E-state index < -0.39 is 0 Å². The number of fused-ring (bicyclic) bond motifs is 2. The summed E-state index contributed by atoms with van der Waals surface area (Å²) in [5.41, 5.74) is 3.26. The van der Waals surface area contributed by atoms with Crippen molar-refractivity contribution in [3.05, 3.63) is 72.4 Å². The van der Waals surface area contributed by atoms with Crippen LogP contribution < -0.4 is 15.0 Å². The molecule has 0 aliphatic carbocycles. The van der Waals surface area contributed by atoms with Crippen molar-refractivity contribution in [1.29, 1.82) is 0 Å². The van der Waals surface area contributed by atoms with E-state index in [1.165, 1.54) is 9.79 Å². The molecule has 1 amide bonds. The van der Waals surface area contributed by atoms with Crippen molar-refractivity contribution in [2.45, 2.75) is 22.8 Å². The number of carbonyl (C=O) groups is 1. The number of methoxy groups -OCH3 is 1. The largest absolute Gasteiger partial charge is 0.481 e. The Balaban J connectivity index is 1.42. The fourth-order valence-electron chi connectivity index (χ4n) is 3.20. The summed E-state index contributed by atoms with van der Waals surface area (Å²) in [4.78, 5) is 21.2. The number of amides is 1. The SMILES string of the molecule is COc1cc(CNC(=O)CCN2c3ccccc3Sc3ccccc32)ccn1. The van der Waals surface area contributed by atoms with Gasteiger partial charge in [-0.05, 0) is 35.9 Å². The molecule has 0 unspecified atom stereocenters. The smallest absolute Gasteiger partial charge is 0.222 e. The van der Waals surface area contributed by atoms with Crippen molar-refractivity contribution in [3.63, 3.8) is 0 Å². The quantitative estimate of drug-likeness (QED) is 0.675. The Hall–Kier alpha value is -2.99. The van der Waals surface area contributed by atoms with Gasteiger partial charge in [0.1, 0.15) is 0 Å². The highest BCUT2D eigenvalue weighted by molar-refractivity contribution is 7.99. The van der Waals surface area contributed by atoms with Gasteiger partial charge in [0.15, 0.2) is 0 Å². The summed E-state index contributed by atoms with van der Waals surface area (Å²) in [5.74, 6) is 0.565. The van der Waals surface area contributed by atoms with Crippen LogP contribution in [0.25, 0.3) is 0 Å². The molecule has 1 N–H and O–H groups in total. The maximum atomic E-state index is 12.4. The zero-order valence-corrected chi connectivity index (χ0v) is 16.4. The summed E-state index contributed by atoms with van der Waals surface area (Å²) in [5, 5.41) is 2.98. The Labute approximate surface area is 168 Å². The zero-order chi connectivity index (χ0) is 19.3. The third-order valence-electron chi connectivity index (χ3n) is 4.59. The lowest BCUT2D eigenvalue weighted by Gasteiger charge is -2.32. The highest BCUT2D eigenvalue weighted by Gasteiger charge is 2.23. The molecule has 0 saturated carbocycles. The van der Waals surface area contributed by atoms with Gasteiger partial charge in [-0.25, -0.2) is 4.98 Å². The molecule has 1 aliphatic heterocycles. The van der Waals surface area contributed by atoms with E-state index >= 15 is 0 Å². The Kier molecular flexibility index (Phi) is 5.48. The number of pyridine rings is 1. The number of benzene rings is 2. The molecule has 2 aromatic carbocycles. The van der Waals surface area contributed by atoms with E-state index in [-0.39, 0.29) is 5.91 Å². The summed E-state index contributed by atoms with van der Waals surface area (Å²) < 4.78 is 5.12. The summed E-state index contributed by atoms with van der Waals surface area (Å²) in [6.07, 6.45) is 2.09. The van der Waals surface area contributed by atoms with Gasteiger partial charge in [-0.1, -0.05) is 36.0 Å². The molecular formula is C22H21N3O2S. The molecule has 142 valence electrons. The summed E-state index contributed by atoms with van der Waals surface area (Å²) in [7, 11) is 1.58. The van der Waals surface area contributed by atoms with E-state index in [1.807, 2.05) is 36.4 Å². The fraction of sp³-hybridized carbons (Fsp3) is 0.182. The minimum absolute atomic E-state index is 0.0176. The van der Waals surface area contributed by atoms with Crippen molar-refractivity contribution >= 4 is 29.0 Å². The van der Waals surface area contributed by atoms with Gasteiger partial charge in [0.2, 0.25) is 11.8 Å². The van der Waals surface area contributed by atoms with Gasteiger partial charge >= 0.3 is 0 Å². The van der Waals surface area contributed by atoms with Gasteiger partial charge in [0.05, 0.1) is 18.5 Å². The maximum Gasteiger partial charge on any atom is 0.222 e. The molecule has 1 aliphatic rings. The van der Waals surface area contributed by atoms with Gasteiger partial charge in [-0.15, -0.1) is 0 Å². The van der Waals surface area contributed by atoms with Crippen LogP contribution in [0.15, 0.2) is 76.7 Å². The fourth-order valence-corrected chi connectivity index (χ4v) is 4.29. The van der Waals surface area contributed by atoms with E-state index in [4.69, 9.17) is 4.74 Å². The maximum absolute atomic E-state index is 12.4. The van der Waals surface area contributed by atoms with Gasteiger partial charge in [-0.3, -0.25) is 4.79 Å². The molecule has 0 radical (unpaired) electrons. The van der Waals surface area contributed by atoms with Crippen molar-refractivity contribution in [1.82, 2.24) is 10.3 Å². The predicted octanol–water partition coefficient (Wildman–Crippen LogP) is 4.40. The second-order valence-electron chi connectivity index (χ2n) is 6.42. The average molecular weight is 391 g/mol. The number of anilines is 2.